The number of hydrogen-bond donors (Lipinski definition) is 1. The van der Waals surface area contributed by atoms with Crippen molar-refractivity contribution in [2.75, 3.05) is 31.1 Å². The van der Waals surface area contributed by atoms with Gasteiger partial charge in [-0.15, -0.1) is 0 Å². The van der Waals surface area contributed by atoms with Gasteiger partial charge in [-0.25, -0.2) is 13.8 Å². The SMILES string of the molecule is CCc1c(N2CCNCC2)n[c]c(F)c1F. The standard InChI is InChI=1S/C11H14F2N3/c1-2-8-10(13)9(12)7-15-11(8)16-5-3-14-4-6-16/h14H,2-6H2,1H3. The van der Waals surface area contributed by atoms with Gasteiger partial charge in [-0.2, -0.15) is 0 Å². The van der Waals surface area contributed by atoms with Crippen molar-refractivity contribution in [3.8, 4) is 0 Å². The van der Waals surface area contributed by atoms with Crippen LogP contribution in [0.2, 0.25) is 0 Å². The summed E-state index contributed by atoms with van der Waals surface area (Å²) in [4.78, 5) is 5.86. The molecular weight excluding hydrogens is 212 g/mol. The van der Waals surface area contributed by atoms with Crippen LogP contribution in [0.4, 0.5) is 14.6 Å². The van der Waals surface area contributed by atoms with Gasteiger partial charge in [-0.1, -0.05) is 6.92 Å². The maximum Gasteiger partial charge on any atom is 0.187 e. The zero-order chi connectivity index (χ0) is 11.5. The molecule has 5 heteroatoms. The van der Waals surface area contributed by atoms with Crippen LogP contribution in [0.3, 0.4) is 0 Å². The van der Waals surface area contributed by atoms with Crippen molar-refractivity contribution in [1.29, 1.82) is 0 Å². The monoisotopic (exact) mass is 226 g/mol. The molecule has 0 atom stereocenters. The highest BCUT2D eigenvalue weighted by atomic mass is 19.2. The maximum atomic E-state index is 13.5. The summed E-state index contributed by atoms with van der Waals surface area (Å²) in [6.45, 7) is 5.00. The predicted octanol–water partition coefficient (Wildman–Crippen LogP) is 1.13. The van der Waals surface area contributed by atoms with Gasteiger partial charge in [0.15, 0.2) is 11.6 Å². The number of rotatable bonds is 2. The molecule has 1 saturated heterocycles. The third-order valence-corrected chi connectivity index (χ3v) is 2.76. The normalized spacial score (nSPS) is 16.6. The lowest BCUT2D eigenvalue weighted by Crippen LogP contribution is -2.44. The molecule has 1 aromatic rings. The van der Waals surface area contributed by atoms with Gasteiger partial charge in [-0.3, -0.25) is 0 Å². The Bertz CT molecular complexity index is 376. The molecule has 0 aliphatic carbocycles. The summed E-state index contributed by atoms with van der Waals surface area (Å²) in [5.74, 6) is -1.27. The largest absolute Gasteiger partial charge is 0.354 e. The second kappa shape index (κ2) is 4.74. The molecule has 1 aliphatic rings. The Morgan fingerprint density at radius 3 is 2.69 bits per heavy atom. The fourth-order valence-electron chi connectivity index (χ4n) is 1.90. The van der Waals surface area contributed by atoms with E-state index in [4.69, 9.17) is 0 Å². The average molecular weight is 226 g/mol. The molecule has 0 amide bonds. The summed E-state index contributed by atoms with van der Waals surface area (Å²) in [6, 6.07) is 0. The van der Waals surface area contributed by atoms with E-state index in [1.165, 1.54) is 0 Å². The first kappa shape index (κ1) is 11.3. The Morgan fingerprint density at radius 2 is 2.06 bits per heavy atom. The molecule has 16 heavy (non-hydrogen) atoms. The van der Waals surface area contributed by atoms with Crippen molar-refractivity contribution in [2.45, 2.75) is 13.3 Å². The van der Waals surface area contributed by atoms with Gasteiger partial charge in [-0.05, 0) is 6.42 Å². The third kappa shape index (κ3) is 2.00. The molecule has 0 aromatic carbocycles. The lowest BCUT2D eigenvalue weighted by molar-refractivity contribution is 0.489. The van der Waals surface area contributed by atoms with Crippen molar-refractivity contribution in [3.05, 3.63) is 23.4 Å². The van der Waals surface area contributed by atoms with Crippen LogP contribution >= 0.6 is 0 Å². The zero-order valence-electron chi connectivity index (χ0n) is 9.19. The van der Waals surface area contributed by atoms with Crippen molar-refractivity contribution in [3.63, 3.8) is 0 Å². The molecule has 0 saturated carbocycles. The maximum absolute atomic E-state index is 13.5. The van der Waals surface area contributed by atoms with Crippen LogP contribution in [0.15, 0.2) is 0 Å². The first-order chi connectivity index (χ1) is 7.74. The Balaban J connectivity index is 2.35. The van der Waals surface area contributed by atoms with Gasteiger partial charge < -0.3 is 10.2 Å². The van der Waals surface area contributed by atoms with Gasteiger partial charge in [0.2, 0.25) is 0 Å². The van der Waals surface area contributed by atoms with Crippen LogP contribution in [0.1, 0.15) is 12.5 Å². The van der Waals surface area contributed by atoms with E-state index in [0.717, 1.165) is 26.2 Å². The first-order valence-electron chi connectivity index (χ1n) is 5.45. The van der Waals surface area contributed by atoms with Crippen LogP contribution in [0.25, 0.3) is 0 Å². The Labute approximate surface area is 93.5 Å². The van der Waals surface area contributed by atoms with E-state index >= 15 is 0 Å². The van der Waals surface area contributed by atoms with Crippen molar-refractivity contribution in [2.24, 2.45) is 0 Å². The quantitative estimate of drug-likeness (QED) is 0.819. The number of pyridine rings is 1. The molecule has 0 bridgehead atoms. The van der Waals surface area contributed by atoms with Gasteiger partial charge in [0.25, 0.3) is 0 Å². The highest BCUT2D eigenvalue weighted by Gasteiger charge is 2.19. The number of anilines is 1. The zero-order valence-corrected chi connectivity index (χ0v) is 9.19. The summed E-state index contributed by atoms with van der Waals surface area (Å²) in [5.41, 5.74) is 0.346. The second-order valence-corrected chi connectivity index (χ2v) is 3.74. The molecule has 87 valence electrons. The van der Waals surface area contributed by atoms with E-state index in [1.54, 1.807) is 6.92 Å². The van der Waals surface area contributed by atoms with Crippen LogP contribution in [-0.4, -0.2) is 31.2 Å². The van der Waals surface area contributed by atoms with Crippen molar-refractivity contribution < 1.29 is 8.78 Å². The Hall–Kier alpha value is -1.23. The summed E-state index contributed by atoms with van der Waals surface area (Å²) in [6.07, 6.45) is 2.52. The second-order valence-electron chi connectivity index (χ2n) is 3.74. The smallest absolute Gasteiger partial charge is 0.187 e. The number of aromatic nitrogens is 1. The predicted molar refractivity (Wildman–Crippen MR) is 57.4 cm³/mol. The highest BCUT2D eigenvalue weighted by molar-refractivity contribution is 5.48. The molecule has 2 rings (SSSR count). The van der Waals surface area contributed by atoms with Gasteiger partial charge in [0.05, 0.1) is 0 Å². The minimum Gasteiger partial charge on any atom is -0.354 e. The lowest BCUT2D eigenvalue weighted by atomic mass is 10.1. The molecule has 3 nitrogen and oxygen atoms in total. The van der Waals surface area contributed by atoms with E-state index < -0.39 is 11.6 Å². The topological polar surface area (TPSA) is 28.2 Å². The van der Waals surface area contributed by atoms with Gasteiger partial charge in [0, 0.05) is 31.7 Å². The first-order valence-corrected chi connectivity index (χ1v) is 5.45. The Kier molecular flexibility index (Phi) is 3.33. The minimum atomic E-state index is -0.990. The van der Waals surface area contributed by atoms with Gasteiger partial charge >= 0.3 is 0 Å². The lowest BCUT2D eigenvalue weighted by Gasteiger charge is -2.29. The van der Waals surface area contributed by atoms with Crippen LogP contribution in [0, 0.1) is 17.8 Å². The summed E-state index contributed by atoms with van der Waals surface area (Å²) >= 11 is 0. The van der Waals surface area contributed by atoms with E-state index in [0.29, 0.717) is 17.8 Å². The highest BCUT2D eigenvalue weighted by Crippen LogP contribution is 2.22. The van der Waals surface area contributed by atoms with E-state index in [9.17, 15) is 8.78 Å². The molecule has 0 unspecified atom stereocenters. The van der Waals surface area contributed by atoms with Crippen LogP contribution in [-0.2, 0) is 6.42 Å². The van der Waals surface area contributed by atoms with Crippen LogP contribution in [0.5, 0.6) is 0 Å². The average Bonchev–Trinajstić information content (AvgIpc) is 2.33. The fourth-order valence-corrected chi connectivity index (χ4v) is 1.90. The molecule has 1 fully saturated rings. The summed E-state index contributed by atoms with van der Waals surface area (Å²) in [5, 5.41) is 3.20. The van der Waals surface area contributed by atoms with Gasteiger partial charge in [0.1, 0.15) is 12.0 Å². The van der Waals surface area contributed by atoms with Crippen molar-refractivity contribution in [1.82, 2.24) is 10.3 Å². The van der Waals surface area contributed by atoms with E-state index in [2.05, 4.69) is 16.5 Å². The summed E-state index contributed by atoms with van der Waals surface area (Å²) < 4.78 is 26.5. The molecule has 1 radical (unpaired) electrons. The van der Waals surface area contributed by atoms with Crippen LogP contribution < -0.4 is 10.2 Å². The Morgan fingerprint density at radius 1 is 1.38 bits per heavy atom. The number of piperazine rings is 1. The number of nitrogens with one attached hydrogen (secondary N) is 1. The molecule has 1 N–H and O–H groups in total. The molecule has 0 spiro atoms. The molecular formula is C11H14F2N3. The van der Waals surface area contributed by atoms with Crippen molar-refractivity contribution >= 4 is 5.82 Å². The minimum absolute atomic E-state index is 0.346. The molecule has 2 heterocycles. The van der Waals surface area contributed by atoms with E-state index in [-0.39, 0.29) is 0 Å². The third-order valence-electron chi connectivity index (χ3n) is 2.76. The number of halogens is 2. The number of nitrogens with zero attached hydrogens (tertiary/aromatic N) is 2. The molecule has 1 aliphatic heterocycles. The fraction of sp³-hybridized carbons (Fsp3) is 0.545. The summed E-state index contributed by atoms with van der Waals surface area (Å²) in [7, 11) is 0. The number of hydrogen-bond acceptors (Lipinski definition) is 3. The van der Waals surface area contributed by atoms with E-state index in [1.807, 2.05) is 4.90 Å². The molecule has 1 aromatic heterocycles.